The first-order valence-electron chi connectivity index (χ1n) is 11.7. The summed E-state index contributed by atoms with van der Waals surface area (Å²) in [5, 5.41) is 26.9. The predicted molar refractivity (Wildman–Crippen MR) is 132 cm³/mol. The standard InChI is InChI=1S/C28H32F2N2O3/c1-4-19-6-5-7-20(10-19)15-31-16-26(33)25(13-21-11-23(29)14-24(30)12-21)32-28(35)22-8-17(2)27(34)18(3)9-22/h5-12,14,25-26,31,33-34H,4,13,15-16H2,1-3H3,(H,32,35). The smallest absolute Gasteiger partial charge is 0.251 e. The van der Waals surface area contributed by atoms with Gasteiger partial charge in [0.25, 0.3) is 5.91 Å². The minimum atomic E-state index is -1.03. The highest BCUT2D eigenvalue weighted by Gasteiger charge is 2.23. The van der Waals surface area contributed by atoms with Gasteiger partial charge in [-0.3, -0.25) is 4.79 Å². The van der Waals surface area contributed by atoms with Crippen molar-refractivity contribution in [1.29, 1.82) is 0 Å². The summed E-state index contributed by atoms with van der Waals surface area (Å²) in [4.78, 5) is 13.0. The van der Waals surface area contributed by atoms with Crippen molar-refractivity contribution in [1.82, 2.24) is 10.6 Å². The fraction of sp³-hybridized carbons (Fsp3) is 0.321. The van der Waals surface area contributed by atoms with Gasteiger partial charge in [-0.2, -0.15) is 0 Å². The topological polar surface area (TPSA) is 81.6 Å². The molecule has 1 amide bonds. The van der Waals surface area contributed by atoms with E-state index in [2.05, 4.69) is 29.7 Å². The number of carbonyl (C=O) groups is 1. The van der Waals surface area contributed by atoms with E-state index in [0.29, 0.717) is 28.8 Å². The van der Waals surface area contributed by atoms with Crippen molar-refractivity contribution >= 4 is 5.91 Å². The van der Waals surface area contributed by atoms with Crippen LogP contribution in [0, 0.1) is 25.5 Å². The van der Waals surface area contributed by atoms with Gasteiger partial charge in [-0.15, -0.1) is 0 Å². The Balaban J connectivity index is 1.75. The van der Waals surface area contributed by atoms with E-state index in [-0.39, 0.29) is 18.7 Å². The molecule has 186 valence electrons. The first-order valence-corrected chi connectivity index (χ1v) is 11.7. The SMILES string of the molecule is CCc1cccc(CNCC(O)C(Cc2cc(F)cc(F)c2)NC(=O)c2cc(C)c(O)c(C)c2)c1. The van der Waals surface area contributed by atoms with Gasteiger partial charge in [-0.05, 0) is 78.8 Å². The third-order valence-corrected chi connectivity index (χ3v) is 5.99. The molecule has 3 aromatic carbocycles. The van der Waals surface area contributed by atoms with E-state index in [0.717, 1.165) is 18.1 Å². The van der Waals surface area contributed by atoms with E-state index in [4.69, 9.17) is 0 Å². The molecule has 0 aromatic heterocycles. The summed E-state index contributed by atoms with van der Waals surface area (Å²) in [6, 6.07) is 13.6. The monoisotopic (exact) mass is 482 g/mol. The van der Waals surface area contributed by atoms with Crippen LogP contribution in [-0.4, -0.2) is 34.8 Å². The summed E-state index contributed by atoms with van der Waals surface area (Å²) in [6.07, 6.45) is -0.0748. The number of nitrogens with one attached hydrogen (secondary N) is 2. The number of aromatic hydroxyl groups is 1. The third-order valence-electron chi connectivity index (χ3n) is 5.99. The molecule has 0 aliphatic heterocycles. The number of amides is 1. The van der Waals surface area contributed by atoms with Gasteiger partial charge in [0.1, 0.15) is 17.4 Å². The molecule has 4 N–H and O–H groups in total. The number of aliphatic hydroxyl groups excluding tert-OH is 1. The molecule has 0 heterocycles. The molecule has 3 rings (SSSR count). The second-order valence-electron chi connectivity index (χ2n) is 8.89. The van der Waals surface area contributed by atoms with Crippen molar-refractivity contribution in [3.05, 3.63) is 99.6 Å². The largest absolute Gasteiger partial charge is 0.507 e. The number of halogens is 2. The molecule has 2 unspecified atom stereocenters. The van der Waals surface area contributed by atoms with Gasteiger partial charge >= 0.3 is 0 Å². The molecule has 2 atom stereocenters. The lowest BCUT2D eigenvalue weighted by Crippen LogP contribution is -2.48. The molecule has 35 heavy (non-hydrogen) atoms. The molecular weight excluding hydrogens is 450 g/mol. The van der Waals surface area contributed by atoms with Crippen LogP contribution in [0.5, 0.6) is 5.75 Å². The second-order valence-corrected chi connectivity index (χ2v) is 8.89. The predicted octanol–water partition coefficient (Wildman–Crippen LogP) is 4.34. The van der Waals surface area contributed by atoms with Crippen LogP contribution in [0.25, 0.3) is 0 Å². The summed E-state index contributed by atoms with van der Waals surface area (Å²) in [5.41, 5.74) is 4.03. The summed E-state index contributed by atoms with van der Waals surface area (Å²) in [6.45, 7) is 6.15. The Morgan fingerprint density at radius 3 is 2.20 bits per heavy atom. The van der Waals surface area contributed by atoms with Crippen LogP contribution in [0.3, 0.4) is 0 Å². The van der Waals surface area contributed by atoms with Crippen LogP contribution in [0.15, 0.2) is 54.6 Å². The van der Waals surface area contributed by atoms with Crippen molar-refractivity contribution in [3.8, 4) is 5.75 Å². The summed E-state index contributed by atoms with van der Waals surface area (Å²) < 4.78 is 27.5. The molecule has 0 saturated carbocycles. The number of hydrogen-bond donors (Lipinski definition) is 4. The normalized spacial score (nSPS) is 12.9. The highest BCUT2D eigenvalue weighted by atomic mass is 19.1. The Bertz CT molecular complexity index is 1140. The Hall–Kier alpha value is -3.29. The second kappa shape index (κ2) is 11.9. The Labute approximate surface area is 204 Å². The lowest BCUT2D eigenvalue weighted by Gasteiger charge is -2.25. The summed E-state index contributed by atoms with van der Waals surface area (Å²) >= 11 is 0. The highest BCUT2D eigenvalue weighted by molar-refractivity contribution is 5.95. The number of aryl methyl sites for hydroxylation is 3. The van der Waals surface area contributed by atoms with Crippen LogP contribution in [-0.2, 0) is 19.4 Å². The van der Waals surface area contributed by atoms with Crippen molar-refractivity contribution < 1.29 is 23.8 Å². The minimum absolute atomic E-state index is 0.0324. The number of phenols is 1. The van der Waals surface area contributed by atoms with E-state index >= 15 is 0 Å². The first-order chi connectivity index (χ1) is 16.7. The highest BCUT2D eigenvalue weighted by Crippen LogP contribution is 2.23. The van der Waals surface area contributed by atoms with Crippen LogP contribution in [0.1, 0.15) is 45.1 Å². The Morgan fingerprint density at radius 1 is 0.943 bits per heavy atom. The third kappa shape index (κ3) is 7.34. The Morgan fingerprint density at radius 2 is 1.57 bits per heavy atom. The lowest BCUT2D eigenvalue weighted by atomic mass is 9.99. The summed E-state index contributed by atoms with van der Waals surface area (Å²) in [7, 11) is 0. The number of carbonyl (C=O) groups excluding carboxylic acids is 1. The minimum Gasteiger partial charge on any atom is -0.507 e. The van der Waals surface area contributed by atoms with Gasteiger partial charge in [-0.25, -0.2) is 8.78 Å². The van der Waals surface area contributed by atoms with E-state index in [1.165, 1.54) is 17.7 Å². The molecular formula is C28H32F2N2O3. The average Bonchev–Trinajstić information content (AvgIpc) is 2.81. The molecule has 7 heteroatoms. The van der Waals surface area contributed by atoms with Crippen LogP contribution >= 0.6 is 0 Å². The molecule has 0 aliphatic carbocycles. The summed E-state index contributed by atoms with van der Waals surface area (Å²) in [5.74, 6) is -1.78. The molecule has 0 radical (unpaired) electrons. The molecule has 5 nitrogen and oxygen atoms in total. The molecule has 0 aliphatic rings. The van der Waals surface area contributed by atoms with Crippen LogP contribution in [0.2, 0.25) is 0 Å². The number of benzene rings is 3. The van der Waals surface area contributed by atoms with Gasteiger partial charge in [0.05, 0.1) is 12.1 Å². The molecule has 0 fully saturated rings. The van der Waals surface area contributed by atoms with Crippen molar-refractivity contribution in [2.45, 2.75) is 52.3 Å². The molecule has 0 saturated heterocycles. The van der Waals surface area contributed by atoms with Gasteiger partial charge in [0.15, 0.2) is 0 Å². The van der Waals surface area contributed by atoms with Gasteiger partial charge in [0, 0.05) is 24.7 Å². The zero-order valence-electron chi connectivity index (χ0n) is 20.2. The van der Waals surface area contributed by atoms with Crippen molar-refractivity contribution in [2.24, 2.45) is 0 Å². The van der Waals surface area contributed by atoms with E-state index in [1.54, 1.807) is 26.0 Å². The number of rotatable bonds is 10. The maximum atomic E-state index is 13.8. The van der Waals surface area contributed by atoms with Crippen molar-refractivity contribution in [3.63, 3.8) is 0 Å². The maximum absolute atomic E-state index is 13.8. The quantitative estimate of drug-likeness (QED) is 0.347. The Kier molecular flexibility index (Phi) is 8.95. The number of aliphatic hydroxyl groups is 1. The first kappa shape index (κ1) is 26.3. The fourth-order valence-corrected chi connectivity index (χ4v) is 4.07. The maximum Gasteiger partial charge on any atom is 0.251 e. The average molecular weight is 483 g/mol. The zero-order valence-corrected chi connectivity index (χ0v) is 20.2. The molecule has 3 aromatic rings. The van der Waals surface area contributed by atoms with Crippen LogP contribution < -0.4 is 10.6 Å². The fourth-order valence-electron chi connectivity index (χ4n) is 4.07. The van der Waals surface area contributed by atoms with Crippen molar-refractivity contribution in [2.75, 3.05) is 6.54 Å². The van der Waals surface area contributed by atoms with Gasteiger partial charge < -0.3 is 20.8 Å². The zero-order chi connectivity index (χ0) is 25.5. The molecule has 0 bridgehead atoms. The lowest BCUT2D eigenvalue weighted by molar-refractivity contribution is 0.0829. The van der Waals surface area contributed by atoms with Crippen LogP contribution in [0.4, 0.5) is 8.78 Å². The molecule has 0 spiro atoms. The number of hydrogen-bond acceptors (Lipinski definition) is 4. The van der Waals surface area contributed by atoms with E-state index in [9.17, 15) is 23.8 Å². The van der Waals surface area contributed by atoms with Gasteiger partial charge in [-0.1, -0.05) is 31.2 Å². The van der Waals surface area contributed by atoms with E-state index in [1.807, 2.05) is 12.1 Å². The van der Waals surface area contributed by atoms with Gasteiger partial charge in [0.2, 0.25) is 0 Å². The van der Waals surface area contributed by atoms with E-state index < -0.39 is 29.7 Å². The number of phenolic OH excluding ortho intramolecular Hbond substituents is 1.